The van der Waals surface area contributed by atoms with Crippen molar-refractivity contribution >= 4 is 23.1 Å². The van der Waals surface area contributed by atoms with Crippen LogP contribution in [0.5, 0.6) is 5.75 Å². The molecule has 6 rings (SSSR count). The standard InChI is InChI=1S/C29H28FN3O2S/c1-18-12-13-25(35-2)23(15-18)31-29(34)33-17-22-21-9-3-4-11-26(21)36-28(22)32-14-6-10-24(32)27(33)19-7-5-8-20(30)16-19/h5-8,10,12-16,27H,3-4,9,11,17H2,1-2H3,(H,31,34)/t27-/m0/s1. The number of nitrogens with zero attached hydrogens (tertiary/aromatic N) is 2. The summed E-state index contributed by atoms with van der Waals surface area (Å²) in [5.41, 5.74) is 5.91. The van der Waals surface area contributed by atoms with Crippen molar-refractivity contribution in [3.8, 4) is 10.8 Å². The Balaban J connectivity index is 1.50. The van der Waals surface area contributed by atoms with Gasteiger partial charge in [-0.1, -0.05) is 18.2 Å². The molecule has 1 N–H and O–H groups in total. The summed E-state index contributed by atoms with van der Waals surface area (Å²) in [5, 5.41) is 4.28. The molecule has 2 aliphatic rings. The number of carbonyl (C=O) groups is 1. The number of anilines is 1. The van der Waals surface area contributed by atoms with Gasteiger partial charge in [-0.3, -0.25) is 0 Å². The molecule has 3 heterocycles. The second-order valence-electron chi connectivity index (χ2n) is 9.52. The Labute approximate surface area is 214 Å². The van der Waals surface area contributed by atoms with Crippen LogP contribution in [0, 0.1) is 12.7 Å². The van der Waals surface area contributed by atoms with Crippen LogP contribution in [0.25, 0.3) is 5.00 Å². The third-order valence-corrected chi connectivity index (χ3v) is 8.53. The fraction of sp³-hybridized carbons (Fsp3) is 0.276. The number of aromatic nitrogens is 1. The molecule has 0 saturated heterocycles. The zero-order valence-corrected chi connectivity index (χ0v) is 21.2. The van der Waals surface area contributed by atoms with E-state index in [4.69, 9.17) is 4.74 Å². The number of urea groups is 1. The van der Waals surface area contributed by atoms with Gasteiger partial charge in [0.2, 0.25) is 0 Å². The Bertz CT molecular complexity index is 1460. The third kappa shape index (κ3) is 3.88. The molecule has 0 unspecified atom stereocenters. The van der Waals surface area contributed by atoms with E-state index in [1.807, 2.05) is 59.6 Å². The van der Waals surface area contributed by atoms with Crippen molar-refractivity contribution in [1.29, 1.82) is 0 Å². The highest BCUT2D eigenvalue weighted by Gasteiger charge is 2.36. The smallest absolute Gasteiger partial charge is 0.323 e. The van der Waals surface area contributed by atoms with E-state index in [9.17, 15) is 9.18 Å². The number of carbonyl (C=O) groups excluding carboxylic acids is 1. The second kappa shape index (κ2) is 9.13. The number of hydrogen-bond acceptors (Lipinski definition) is 3. The van der Waals surface area contributed by atoms with E-state index < -0.39 is 6.04 Å². The van der Waals surface area contributed by atoms with E-state index in [1.54, 1.807) is 13.2 Å². The van der Waals surface area contributed by atoms with Gasteiger partial charge in [0.25, 0.3) is 0 Å². The van der Waals surface area contributed by atoms with Crippen molar-refractivity contribution in [1.82, 2.24) is 9.47 Å². The minimum absolute atomic E-state index is 0.246. The van der Waals surface area contributed by atoms with E-state index in [2.05, 4.69) is 16.1 Å². The summed E-state index contributed by atoms with van der Waals surface area (Å²) in [5.74, 6) is 0.283. The zero-order valence-electron chi connectivity index (χ0n) is 20.4. The van der Waals surface area contributed by atoms with Crippen molar-refractivity contribution in [3.05, 3.63) is 99.4 Å². The number of thiophene rings is 1. The highest BCUT2D eigenvalue weighted by Crippen LogP contribution is 2.44. The van der Waals surface area contributed by atoms with Crippen LogP contribution in [0.3, 0.4) is 0 Å². The summed E-state index contributed by atoms with van der Waals surface area (Å²) in [6, 6.07) is 15.6. The van der Waals surface area contributed by atoms with Crippen LogP contribution in [0.15, 0.2) is 60.8 Å². The van der Waals surface area contributed by atoms with E-state index in [0.29, 0.717) is 18.0 Å². The number of benzene rings is 2. The van der Waals surface area contributed by atoms with Gasteiger partial charge in [0, 0.05) is 16.6 Å². The molecule has 7 heteroatoms. The molecule has 0 fully saturated rings. The van der Waals surface area contributed by atoms with Crippen LogP contribution in [-0.2, 0) is 19.4 Å². The maximum absolute atomic E-state index is 14.4. The maximum Gasteiger partial charge on any atom is 0.323 e. The fourth-order valence-electron chi connectivity index (χ4n) is 5.52. The molecule has 0 saturated carbocycles. The number of rotatable bonds is 3. The van der Waals surface area contributed by atoms with Gasteiger partial charge in [0.15, 0.2) is 0 Å². The predicted molar refractivity (Wildman–Crippen MR) is 141 cm³/mol. The number of hydrogen-bond donors (Lipinski definition) is 1. The second-order valence-corrected chi connectivity index (χ2v) is 10.6. The lowest BCUT2D eigenvalue weighted by molar-refractivity contribution is 0.194. The van der Waals surface area contributed by atoms with Crippen molar-refractivity contribution < 1.29 is 13.9 Å². The molecule has 2 aromatic carbocycles. The number of amides is 2. The molecule has 5 nitrogen and oxygen atoms in total. The van der Waals surface area contributed by atoms with Crippen LogP contribution < -0.4 is 10.1 Å². The van der Waals surface area contributed by atoms with E-state index in [0.717, 1.165) is 36.1 Å². The van der Waals surface area contributed by atoms with Crippen molar-refractivity contribution in [2.75, 3.05) is 12.4 Å². The molecule has 36 heavy (non-hydrogen) atoms. The molecule has 0 spiro atoms. The summed E-state index contributed by atoms with van der Waals surface area (Å²) in [6.07, 6.45) is 6.55. The molecule has 0 radical (unpaired) electrons. The number of fused-ring (bicyclic) bond motifs is 5. The van der Waals surface area contributed by atoms with Crippen LogP contribution in [-0.4, -0.2) is 22.6 Å². The lowest BCUT2D eigenvalue weighted by Crippen LogP contribution is -2.38. The van der Waals surface area contributed by atoms with Crippen molar-refractivity contribution in [2.24, 2.45) is 0 Å². The van der Waals surface area contributed by atoms with Gasteiger partial charge in [-0.2, -0.15) is 0 Å². The number of halogens is 1. The highest BCUT2D eigenvalue weighted by atomic mass is 32.1. The highest BCUT2D eigenvalue weighted by molar-refractivity contribution is 7.15. The van der Waals surface area contributed by atoms with Crippen LogP contribution in [0.2, 0.25) is 0 Å². The lowest BCUT2D eigenvalue weighted by Gasteiger charge is -2.31. The fourth-order valence-corrected chi connectivity index (χ4v) is 6.92. The van der Waals surface area contributed by atoms with Crippen molar-refractivity contribution in [3.63, 3.8) is 0 Å². The molecule has 184 valence electrons. The average molecular weight is 502 g/mol. The molecule has 2 aromatic heterocycles. The van der Waals surface area contributed by atoms with Crippen molar-refractivity contribution in [2.45, 2.75) is 45.2 Å². The molecule has 4 aromatic rings. The predicted octanol–water partition coefficient (Wildman–Crippen LogP) is 7.01. The number of ether oxygens (including phenoxy) is 1. The quantitative estimate of drug-likeness (QED) is 0.328. The largest absolute Gasteiger partial charge is 0.495 e. The molecular formula is C29H28FN3O2S. The minimum Gasteiger partial charge on any atom is -0.495 e. The molecule has 1 aliphatic heterocycles. The summed E-state index contributed by atoms with van der Waals surface area (Å²) in [6.45, 7) is 2.43. The first-order valence-electron chi connectivity index (χ1n) is 12.3. The summed E-state index contributed by atoms with van der Waals surface area (Å²) >= 11 is 1.84. The van der Waals surface area contributed by atoms with Gasteiger partial charge < -0.3 is 19.5 Å². The molecular weight excluding hydrogens is 473 g/mol. The van der Waals surface area contributed by atoms with Crippen LogP contribution in [0.4, 0.5) is 14.9 Å². The summed E-state index contributed by atoms with van der Waals surface area (Å²) in [7, 11) is 1.60. The Morgan fingerprint density at radius 1 is 1.08 bits per heavy atom. The molecule has 0 bridgehead atoms. The Morgan fingerprint density at radius 3 is 2.78 bits per heavy atom. The van der Waals surface area contributed by atoms with Gasteiger partial charge in [0.1, 0.15) is 16.6 Å². The SMILES string of the molecule is COc1ccc(C)cc1NC(=O)N1Cc2c(sc3c2CCCC3)-n2cccc2[C@@H]1c1cccc(F)c1. The summed E-state index contributed by atoms with van der Waals surface area (Å²) in [4.78, 5) is 17.3. The van der Waals surface area contributed by atoms with Gasteiger partial charge in [0.05, 0.1) is 31.1 Å². The van der Waals surface area contributed by atoms with E-state index >= 15 is 0 Å². The zero-order chi connectivity index (χ0) is 24.8. The van der Waals surface area contributed by atoms with Crippen LogP contribution >= 0.6 is 11.3 Å². The minimum atomic E-state index is -0.453. The first kappa shape index (κ1) is 22.9. The number of nitrogens with one attached hydrogen (secondary N) is 1. The summed E-state index contributed by atoms with van der Waals surface area (Å²) < 4.78 is 22.2. The first-order chi connectivity index (χ1) is 17.5. The lowest BCUT2D eigenvalue weighted by atomic mass is 9.95. The molecule has 1 atom stereocenters. The van der Waals surface area contributed by atoms with E-state index in [1.165, 1.54) is 39.6 Å². The molecule has 1 aliphatic carbocycles. The van der Waals surface area contributed by atoms with Crippen LogP contribution in [0.1, 0.15) is 51.7 Å². The molecule has 2 amide bonds. The van der Waals surface area contributed by atoms with Gasteiger partial charge in [-0.25, -0.2) is 9.18 Å². The third-order valence-electron chi connectivity index (χ3n) is 7.20. The normalized spacial score (nSPS) is 16.5. The number of aryl methyl sites for hydroxylation is 2. The van der Waals surface area contributed by atoms with Gasteiger partial charge >= 0.3 is 6.03 Å². The Kier molecular flexibility index (Phi) is 5.80. The van der Waals surface area contributed by atoms with E-state index in [-0.39, 0.29) is 11.8 Å². The van der Waals surface area contributed by atoms with Gasteiger partial charge in [-0.05, 0) is 85.7 Å². The Hall–Kier alpha value is -3.58. The topological polar surface area (TPSA) is 46.5 Å². The number of methoxy groups -OCH3 is 1. The van der Waals surface area contributed by atoms with Gasteiger partial charge in [-0.15, -0.1) is 11.3 Å². The first-order valence-corrected chi connectivity index (χ1v) is 13.1. The Morgan fingerprint density at radius 2 is 1.94 bits per heavy atom. The average Bonchev–Trinajstić information content (AvgIpc) is 3.46. The maximum atomic E-state index is 14.4. The monoisotopic (exact) mass is 501 g/mol.